The molecule has 0 aromatic carbocycles. The number of allylic oxidation sites excluding steroid dienone is 2. The molecule has 2 heterocycles. The number of aromatic nitrogens is 1. The van der Waals surface area contributed by atoms with Crippen LogP contribution in [0, 0.1) is 0 Å². The van der Waals surface area contributed by atoms with Crippen LogP contribution in [-0.2, 0) is 9.53 Å². The third-order valence-corrected chi connectivity index (χ3v) is 4.20. The first-order chi connectivity index (χ1) is 10.5. The Labute approximate surface area is 125 Å². The van der Waals surface area contributed by atoms with Gasteiger partial charge < -0.3 is 14.6 Å². The van der Waals surface area contributed by atoms with Gasteiger partial charge in [-0.3, -0.25) is 14.4 Å². The number of ketones is 2. The van der Waals surface area contributed by atoms with Crippen molar-refractivity contribution in [3.63, 3.8) is 0 Å². The number of carbonyl (C=O) groups is 3. The number of ether oxygens (including phenoxy) is 1. The first kappa shape index (κ1) is 13.1. The van der Waals surface area contributed by atoms with E-state index in [9.17, 15) is 14.4 Å². The Bertz CT molecular complexity index is 913. The highest BCUT2D eigenvalue weighted by Gasteiger charge is 2.39. The minimum absolute atomic E-state index is 0.130. The highest BCUT2D eigenvalue weighted by molar-refractivity contribution is 6.26. The van der Waals surface area contributed by atoms with Crippen LogP contribution >= 0.6 is 0 Å². The van der Waals surface area contributed by atoms with Gasteiger partial charge in [0.25, 0.3) is 0 Å². The van der Waals surface area contributed by atoms with Gasteiger partial charge in [0.05, 0.1) is 16.6 Å². The van der Waals surface area contributed by atoms with Gasteiger partial charge in [-0.25, -0.2) is 0 Å². The Morgan fingerprint density at radius 2 is 2.00 bits per heavy atom. The number of aromatic amines is 1. The lowest BCUT2D eigenvalue weighted by atomic mass is 9.92. The topological polar surface area (TPSA) is 79.2 Å². The molecule has 1 saturated heterocycles. The van der Waals surface area contributed by atoms with Gasteiger partial charge in [-0.1, -0.05) is 6.08 Å². The summed E-state index contributed by atoms with van der Waals surface area (Å²) in [4.78, 5) is 41.4. The zero-order chi connectivity index (χ0) is 15.6. The zero-order valence-corrected chi connectivity index (χ0v) is 12.3. The summed E-state index contributed by atoms with van der Waals surface area (Å²) in [5.74, 6) is -0.243. The predicted octanol–water partition coefficient (Wildman–Crippen LogP) is -0.161. The Hall–Kier alpha value is -2.63. The van der Waals surface area contributed by atoms with Crippen molar-refractivity contribution >= 4 is 29.4 Å². The molecule has 0 saturated carbocycles. The Balaban J connectivity index is 1.94. The molecule has 1 aromatic heterocycles. The van der Waals surface area contributed by atoms with Gasteiger partial charge in [0.15, 0.2) is 5.78 Å². The van der Waals surface area contributed by atoms with Crippen LogP contribution in [0.25, 0.3) is 11.8 Å². The number of hydrogen-bond donors (Lipinski definition) is 1. The van der Waals surface area contributed by atoms with Crippen molar-refractivity contribution in [2.75, 3.05) is 13.1 Å². The molecule has 1 aromatic rings. The maximum Gasteiger partial charge on any atom is 0.307 e. The predicted molar refractivity (Wildman–Crippen MR) is 77.2 cm³/mol. The summed E-state index contributed by atoms with van der Waals surface area (Å²) in [5.41, 5.74) is 1.70. The van der Waals surface area contributed by atoms with Crippen molar-refractivity contribution in [2.24, 2.45) is 0 Å². The van der Waals surface area contributed by atoms with Crippen molar-refractivity contribution < 1.29 is 19.1 Å². The van der Waals surface area contributed by atoms with Gasteiger partial charge in [-0.05, 0) is 6.92 Å². The molecule has 0 spiro atoms. The largest absolute Gasteiger partial charge is 0.429 e. The summed E-state index contributed by atoms with van der Waals surface area (Å²) in [6, 6.07) is 0. The average molecular weight is 298 g/mol. The maximum absolute atomic E-state index is 12.7. The molecule has 2 aliphatic carbocycles. The van der Waals surface area contributed by atoms with Crippen LogP contribution in [0.15, 0.2) is 11.3 Å². The monoisotopic (exact) mass is 298 g/mol. The van der Waals surface area contributed by atoms with Crippen LogP contribution in [0.2, 0.25) is 0 Å². The molecule has 6 nitrogen and oxygen atoms in total. The number of nitrogens with zero attached hydrogens (tertiary/aromatic N) is 1. The molecule has 6 heteroatoms. The summed E-state index contributed by atoms with van der Waals surface area (Å²) in [6.07, 6.45) is 2.26. The van der Waals surface area contributed by atoms with E-state index in [0.29, 0.717) is 45.3 Å². The molecular weight excluding hydrogens is 284 g/mol. The van der Waals surface area contributed by atoms with E-state index in [1.807, 2.05) is 11.0 Å². The van der Waals surface area contributed by atoms with Crippen LogP contribution in [0.5, 0.6) is 0 Å². The first-order valence-corrected chi connectivity index (χ1v) is 7.18. The molecule has 0 amide bonds. The van der Waals surface area contributed by atoms with Crippen LogP contribution < -0.4 is 10.6 Å². The normalized spacial score (nSPS) is 19.2. The van der Waals surface area contributed by atoms with Gasteiger partial charge >= 0.3 is 5.97 Å². The molecule has 4 rings (SSSR count). The summed E-state index contributed by atoms with van der Waals surface area (Å²) < 4.78 is 5.17. The van der Waals surface area contributed by atoms with Crippen molar-refractivity contribution in [3.05, 3.63) is 33.1 Å². The van der Waals surface area contributed by atoms with Gasteiger partial charge in [0.1, 0.15) is 11.5 Å². The van der Waals surface area contributed by atoms with E-state index in [0.717, 1.165) is 13.1 Å². The highest BCUT2D eigenvalue weighted by atomic mass is 16.5. The number of H-pyrrole nitrogens is 1. The number of esters is 1. The standard InChI is InChI=1S/C16H14N2O4/c1-7-14(18-5-6-18)16(21)13-11(15(7)20)9-3-4-10(12(9)17-13)22-8(2)19/h3,17H,4-6H2,1-2H3. The van der Waals surface area contributed by atoms with Crippen molar-refractivity contribution in [1.82, 2.24) is 9.88 Å². The molecule has 1 fully saturated rings. The number of rotatable bonds is 2. The van der Waals surface area contributed by atoms with E-state index < -0.39 is 5.97 Å². The Morgan fingerprint density at radius 3 is 2.64 bits per heavy atom. The van der Waals surface area contributed by atoms with Crippen molar-refractivity contribution in [1.29, 1.82) is 0 Å². The lowest BCUT2D eigenvalue weighted by Gasteiger charge is -2.17. The minimum Gasteiger partial charge on any atom is -0.429 e. The quantitative estimate of drug-likeness (QED) is 0.606. The molecule has 1 aliphatic heterocycles. The summed E-state index contributed by atoms with van der Waals surface area (Å²) >= 11 is 0. The van der Waals surface area contributed by atoms with Gasteiger partial charge in [-0.2, -0.15) is 0 Å². The average Bonchev–Trinajstić information content (AvgIpc) is 3.09. The second-order valence-electron chi connectivity index (χ2n) is 5.71. The van der Waals surface area contributed by atoms with Crippen LogP contribution in [0.4, 0.5) is 0 Å². The van der Waals surface area contributed by atoms with Crippen LogP contribution in [-0.4, -0.2) is 40.5 Å². The maximum atomic E-state index is 12.7. The fraction of sp³-hybridized carbons (Fsp3) is 0.312. The Kier molecular flexibility index (Phi) is 2.49. The number of carbonyl (C=O) groups excluding carboxylic acids is 3. The van der Waals surface area contributed by atoms with Gasteiger partial charge in [0.2, 0.25) is 5.78 Å². The van der Waals surface area contributed by atoms with E-state index in [1.54, 1.807) is 6.92 Å². The van der Waals surface area contributed by atoms with E-state index >= 15 is 0 Å². The summed E-state index contributed by atoms with van der Waals surface area (Å²) in [6.45, 7) is 4.63. The van der Waals surface area contributed by atoms with E-state index in [4.69, 9.17) is 4.74 Å². The minimum atomic E-state index is -0.416. The lowest BCUT2D eigenvalue weighted by molar-refractivity contribution is -0.134. The first-order valence-electron chi connectivity index (χ1n) is 7.18. The third-order valence-electron chi connectivity index (χ3n) is 4.20. The van der Waals surface area contributed by atoms with Gasteiger partial charge in [0, 0.05) is 37.2 Å². The third kappa shape index (κ3) is 1.63. The SMILES string of the molecule is CC(=O)OC1=c2[nH]c3c(c2=CC1)C(=O)C(C)=C(N1CC1)C3=O. The second-order valence-corrected chi connectivity index (χ2v) is 5.71. The van der Waals surface area contributed by atoms with Gasteiger partial charge in [-0.15, -0.1) is 0 Å². The number of fused-ring (bicyclic) bond motifs is 3. The van der Waals surface area contributed by atoms with E-state index in [-0.39, 0.29) is 11.6 Å². The molecule has 3 aliphatic rings. The Morgan fingerprint density at radius 1 is 1.27 bits per heavy atom. The molecule has 112 valence electrons. The molecule has 0 bridgehead atoms. The molecule has 1 N–H and O–H groups in total. The molecular formula is C16H14N2O4. The zero-order valence-electron chi connectivity index (χ0n) is 12.3. The van der Waals surface area contributed by atoms with Crippen LogP contribution in [0.1, 0.15) is 41.1 Å². The van der Waals surface area contributed by atoms with E-state index in [1.165, 1.54) is 6.92 Å². The molecule has 0 atom stereocenters. The lowest BCUT2D eigenvalue weighted by Crippen LogP contribution is -2.29. The van der Waals surface area contributed by atoms with Crippen LogP contribution in [0.3, 0.4) is 0 Å². The van der Waals surface area contributed by atoms with E-state index in [2.05, 4.69) is 4.98 Å². The smallest absolute Gasteiger partial charge is 0.307 e. The second kappa shape index (κ2) is 4.19. The molecule has 0 radical (unpaired) electrons. The molecule has 0 unspecified atom stereocenters. The summed E-state index contributed by atoms with van der Waals surface area (Å²) in [7, 11) is 0. The fourth-order valence-corrected chi connectivity index (χ4v) is 3.15. The number of nitrogens with one attached hydrogen (secondary N) is 1. The molecule has 22 heavy (non-hydrogen) atoms. The number of hydrogen-bond acceptors (Lipinski definition) is 5. The highest BCUT2D eigenvalue weighted by Crippen LogP contribution is 2.29. The van der Waals surface area contributed by atoms with Crippen molar-refractivity contribution in [2.45, 2.75) is 20.3 Å². The van der Waals surface area contributed by atoms with Crippen molar-refractivity contribution in [3.8, 4) is 0 Å². The number of Topliss-reactive ketones (excluding diaryl/α,β-unsaturated/α-hetero) is 2. The fourth-order valence-electron chi connectivity index (χ4n) is 3.15. The summed E-state index contributed by atoms with van der Waals surface area (Å²) in [5, 5.41) is 1.25.